The molecular weight excluding hydrogens is 413 g/mol. The Balaban J connectivity index is 1.76. The third kappa shape index (κ3) is 5.13. The highest BCUT2D eigenvalue weighted by molar-refractivity contribution is 5.83. The van der Waals surface area contributed by atoms with Crippen molar-refractivity contribution in [1.82, 2.24) is 9.97 Å². The lowest BCUT2D eigenvalue weighted by atomic mass is 9.96. The van der Waals surface area contributed by atoms with E-state index in [1.54, 1.807) is 25.4 Å². The van der Waals surface area contributed by atoms with Gasteiger partial charge in [0.1, 0.15) is 5.82 Å². The number of aliphatic hydroxyl groups excluding tert-OH is 1. The van der Waals surface area contributed by atoms with Gasteiger partial charge in [-0.25, -0.2) is 4.39 Å². The molecule has 1 saturated carbocycles. The molecule has 4 rings (SSSR count). The maximum Gasteiger partial charge on any atom is 0.172 e. The van der Waals surface area contributed by atoms with Crippen LogP contribution in [-0.2, 0) is 0 Å². The second-order valence-electron chi connectivity index (χ2n) is 8.57. The first-order valence-electron chi connectivity index (χ1n) is 11.3. The molecule has 5 heteroatoms. The molecule has 1 unspecified atom stereocenters. The molecule has 4 nitrogen and oxygen atoms in total. The minimum Gasteiger partial charge on any atom is -0.500 e. The lowest BCUT2D eigenvalue weighted by molar-refractivity contribution is 0.438. The van der Waals surface area contributed by atoms with E-state index in [0.717, 1.165) is 46.5 Å². The van der Waals surface area contributed by atoms with Crippen LogP contribution in [0.25, 0.3) is 28.0 Å². The lowest BCUT2D eigenvalue weighted by Crippen LogP contribution is -1.99. The highest BCUT2D eigenvalue weighted by atomic mass is 19.1. The van der Waals surface area contributed by atoms with Gasteiger partial charge in [0, 0.05) is 35.5 Å². The van der Waals surface area contributed by atoms with Crippen LogP contribution in [0.2, 0.25) is 0 Å². The van der Waals surface area contributed by atoms with Crippen molar-refractivity contribution in [3.8, 4) is 34.2 Å². The third-order valence-electron chi connectivity index (χ3n) is 6.03. The van der Waals surface area contributed by atoms with Gasteiger partial charge in [-0.2, -0.15) is 0 Å². The van der Waals surface area contributed by atoms with E-state index in [2.05, 4.69) is 28.7 Å². The standard InChI is InChI=1S/C28H28FN3O/c1-18-16-23(18)27(26(33)8-4-3-5-12-30)25-17-20(11-14-31-25)22-7-6-13-32-28(22)21-9-10-24(29)19(2)15-21/h6-7,9-11,13-15,17-18,23,33H,3,5,12,16,30H2,1-2H3/t18?,23-/m0/s1. The summed E-state index contributed by atoms with van der Waals surface area (Å²) in [5.74, 6) is 6.50. The Morgan fingerprint density at radius 3 is 2.70 bits per heavy atom. The summed E-state index contributed by atoms with van der Waals surface area (Å²) in [6.07, 6.45) is 5.94. The van der Waals surface area contributed by atoms with Gasteiger partial charge in [0.25, 0.3) is 0 Å². The average Bonchev–Trinajstić information content (AvgIpc) is 3.54. The Morgan fingerprint density at radius 1 is 1.15 bits per heavy atom. The number of allylic oxidation sites excluding steroid dienone is 2. The number of pyridine rings is 2. The molecule has 2 heterocycles. The van der Waals surface area contributed by atoms with Crippen LogP contribution in [0.3, 0.4) is 0 Å². The number of unbranched alkanes of at least 4 members (excludes halogenated alkanes) is 1. The molecule has 0 bridgehead atoms. The summed E-state index contributed by atoms with van der Waals surface area (Å²) in [6, 6.07) is 12.8. The Labute approximate surface area is 194 Å². The molecule has 0 saturated heterocycles. The van der Waals surface area contributed by atoms with Crippen molar-refractivity contribution in [3.05, 3.63) is 77.7 Å². The largest absolute Gasteiger partial charge is 0.500 e. The molecule has 2 atom stereocenters. The summed E-state index contributed by atoms with van der Waals surface area (Å²) in [6.45, 7) is 4.49. The van der Waals surface area contributed by atoms with Crippen molar-refractivity contribution < 1.29 is 9.50 Å². The third-order valence-corrected chi connectivity index (χ3v) is 6.03. The van der Waals surface area contributed by atoms with Crippen LogP contribution in [-0.4, -0.2) is 21.6 Å². The average molecular weight is 442 g/mol. The molecule has 2 aromatic heterocycles. The van der Waals surface area contributed by atoms with Gasteiger partial charge >= 0.3 is 0 Å². The van der Waals surface area contributed by atoms with Crippen molar-refractivity contribution in [3.63, 3.8) is 0 Å². The van der Waals surface area contributed by atoms with Crippen LogP contribution in [0.4, 0.5) is 4.39 Å². The fourth-order valence-corrected chi connectivity index (χ4v) is 4.02. The van der Waals surface area contributed by atoms with Crippen molar-refractivity contribution in [2.45, 2.75) is 33.1 Å². The fraction of sp³-hybridized carbons (Fsp3) is 0.286. The lowest BCUT2D eigenvalue weighted by Gasteiger charge is -2.12. The summed E-state index contributed by atoms with van der Waals surface area (Å²) in [7, 11) is 0. The molecule has 33 heavy (non-hydrogen) atoms. The van der Waals surface area contributed by atoms with Crippen LogP contribution in [0.5, 0.6) is 0 Å². The smallest absolute Gasteiger partial charge is 0.172 e. The van der Waals surface area contributed by atoms with Crippen LogP contribution in [0.15, 0.2) is 60.6 Å². The van der Waals surface area contributed by atoms with Gasteiger partial charge in [-0.1, -0.05) is 18.9 Å². The van der Waals surface area contributed by atoms with Gasteiger partial charge < -0.3 is 10.8 Å². The zero-order chi connectivity index (χ0) is 23.4. The van der Waals surface area contributed by atoms with E-state index in [0.29, 0.717) is 24.4 Å². The molecule has 1 aliphatic carbocycles. The van der Waals surface area contributed by atoms with Gasteiger partial charge in [0.2, 0.25) is 0 Å². The Kier molecular flexibility index (Phi) is 6.86. The summed E-state index contributed by atoms with van der Waals surface area (Å²) in [4.78, 5) is 9.17. The predicted octanol–water partition coefficient (Wildman–Crippen LogP) is 5.93. The second kappa shape index (κ2) is 9.97. The van der Waals surface area contributed by atoms with Crippen LogP contribution in [0.1, 0.15) is 37.4 Å². The zero-order valence-corrected chi connectivity index (χ0v) is 19.0. The summed E-state index contributed by atoms with van der Waals surface area (Å²) >= 11 is 0. The molecule has 0 aliphatic heterocycles. The van der Waals surface area contributed by atoms with Crippen molar-refractivity contribution in [2.75, 3.05) is 6.54 Å². The minimum atomic E-state index is -0.237. The molecule has 0 spiro atoms. The molecular formula is C28H28FN3O. The summed E-state index contributed by atoms with van der Waals surface area (Å²) in [5, 5.41) is 10.8. The van der Waals surface area contributed by atoms with Crippen molar-refractivity contribution in [2.24, 2.45) is 17.6 Å². The van der Waals surface area contributed by atoms with Crippen LogP contribution >= 0.6 is 0 Å². The normalized spacial score (nSPS) is 17.7. The molecule has 1 fully saturated rings. The first-order chi connectivity index (χ1) is 16.0. The number of nitrogens with two attached hydrogens (primary N) is 1. The monoisotopic (exact) mass is 441 g/mol. The van der Waals surface area contributed by atoms with Gasteiger partial charge in [-0.05, 0) is 91.6 Å². The van der Waals surface area contributed by atoms with Crippen molar-refractivity contribution >= 4 is 5.57 Å². The number of aromatic nitrogens is 2. The maximum absolute atomic E-state index is 13.8. The molecule has 3 N–H and O–H groups in total. The SMILES string of the molecule is Cc1cc(-c2ncccc2-c2ccnc(C(=C(O)C#CCCCN)[C@H]3CC3C)c2)ccc1F. The second-order valence-corrected chi connectivity index (χ2v) is 8.57. The van der Waals surface area contributed by atoms with Crippen LogP contribution < -0.4 is 5.73 Å². The van der Waals surface area contributed by atoms with Gasteiger partial charge in [0.05, 0.1) is 11.4 Å². The predicted molar refractivity (Wildman–Crippen MR) is 130 cm³/mol. The van der Waals surface area contributed by atoms with E-state index in [1.165, 1.54) is 6.07 Å². The van der Waals surface area contributed by atoms with Gasteiger partial charge in [0.15, 0.2) is 5.76 Å². The topological polar surface area (TPSA) is 72.0 Å². The first kappa shape index (κ1) is 22.7. The first-order valence-corrected chi connectivity index (χ1v) is 11.3. The van der Waals surface area contributed by atoms with E-state index in [9.17, 15) is 9.50 Å². The highest BCUT2D eigenvalue weighted by Crippen LogP contribution is 2.48. The van der Waals surface area contributed by atoms with E-state index < -0.39 is 0 Å². The Hall–Kier alpha value is -3.49. The number of hydrogen-bond acceptors (Lipinski definition) is 4. The summed E-state index contributed by atoms with van der Waals surface area (Å²) in [5.41, 5.74) is 11.1. The Morgan fingerprint density at radius 2 is 1.97 bits per heavy atom. The van der Waals surface area contributed by atoms with Gasteiger partial charge in [-0.3, -0.25) is 9.97 Å². The number of rotatable bonds is 6. The number of benzene rings is 1. The number of aliphatic hydroxyl groups is 1. The summed E-state index contributed by atoms with van der Waals surface area (Å²) < 4.78 is 13.8. The molecule has 3 aromatic rings. The molecule has 1 aromatic carbocycles. The number of hydrogen-bond donors (Lipinski definition) is 2. The minimum absolute atomic E-state index is 0.0894. The zero-order valence-electron chi connectivity index (χ0n) is 19.0. The van der Waals surface area contributed by atoms with E-state index >= 15 is 0 Å². The van der Waals surface area contributed by atoms with E-state index in [4.69, 9.17) is 5.73 Å². The Bertz CT molecular complexity index is 1260. The number of nitrogens with zero attached hydrogens (tertiary/aromatic N) is 2. The molecule has 168 valence electrons. The number of aryl methyl sites for hydroxylation is 1. The maximum atomic E-state index is 13.8. The van der Waals surface area contributed by atoms with Crippen LogP contribution in [0, 0.1) is 36.4 Å². The quantitative estimate of drug-likeness (QED) is 0.283. The van der Waals surface area contributed by atoms with Crippen molar-refractivity contribution in [1.29, 1.82) is 0 Å². The highest BCUT2D eigenvalue weighted by Gasteiger charge is 2.39. The molecule has 0 radical (unpaired) electrons. The van der Waals surface area contributed by atoms with Gasteiger partial charge in [-0.15, -0.1) is 0 Å². The molecule has 0 amide bonds. The van der Waals surface area contributed by atoms with E-state index in [-0.39, 0.29) is 17.5 Å². The molecule has 1 aliphatic rings. The fourth-order valence-electron chi connectivity index (χ4n) is 4.02. The number of halogens is 1. The van der Waals surface area contributed by atoms with E-state index in [1.807, 2.05) is 30.3 Å².